The van der Waals surface area contributed by atoms with Gasteiger partial charge >= 0.3 is 6.09 Å². The molecular formula is C16H30N2O2. The predicted octanol–water partition coefficient (Wildman–Crippen LogP) is 4.18. The summed E-state index contributed by atoms with van der Waals surface area (Å²) in [5.41, 5.74) is 2.01. The van der Waals surface area contributed by atoms with Crippen molar-refractivity contribution in [2.75, 3.05) is 0 Å². The zero-order chi connectivity index (χ0) is 15.9. The number of ether oxygens (including phenoxy) is 1. The van der Waals surface area contributed by atoms with Crippen LogP contribution in [-0.4, -0.2) is 22.7 Å². The number of amides is 1. The first-order chi connectivity index (χ1) is 9.03. The van der Waals surface area contributed by atoms with Crippen LogP contribution in [-0.2, 0) is 4.74 Å². The molecule has 0 saturated carbocycles. The van der Waals surface area contributed by atoms with Gasteiger partial charge in [0.05, 0.1) is 6.04 Å². The number of nitrogens with zero attached hydrogens (tertiary/aromatic N) is 1. The molecule has 4 nitrogen and oxygen atoms in total. The van der Waals surface area contributed by atoms with E-state index in [1.165, 1.54) is 11.1 Å². The van der Waals surface area contributed by atoms with E-state index < -0.39 is 11.7 Å². The van der Waals surface area contributed by atoms with Crippen molar-refractivity contribution in [3.63, 3.8) is 0 Å². The molecule has 0 fully saturated rings. The molecule has 116 valence electrons. The third-order valence-corrected chi connectivity index (χ3v) is 2.66. The molecule has 0 rings (SSSR count). The number of nitrogens with two attached hydrogens (primary N) is 1. The van der Waals surface area contributed by atoms with Crippen molar-refractivity contribution < 1.29 is 9.53 Å². The van der Waals surface area contributed by atoms with Gasteiger partial charge in [-0.3, -0.25) is 0 Å². The van der Waals surface area contributed by atoms with E-state index in [4.69, 9.17) is 10.6 Å². The van der Waals surface area contributed by atoms with Gasteiger partial charge in [0.1, 0.15) is 5.60 Å². The van der Waals surface area contributed by atoms with Crippen LogP contribution < -0.4 is 5.84 Å². The lowest BCUT2D eigenvalue weighted by Gasteiger charge is -2.27. The van der Waals surface area contributed by atoms with Crippen LogP contribution in [0.15, 0.2) is 23.3 Å². The molecule has 1 amide bonds. The van der Waals surface area contributed by atoms with E-state index in [1.54, 1.807) is 0 Å². The lowest BCUT2D eigenvalue weighted by molar-refractivity contribution is 0.0209. The summed E-state index contributed by atoms with van der Waals surface area (Å²) in [6.45, 7) is 13.6. The van der Waals surface area contributed by atoms with Crippen molar-refractivity contribution in [2.24, 2.45) is 5.84 Å². The minimum absolute atomic E-state index is 0.184. The molecule has 2 N–H and O–H groups in total. The number of allylic oxidation sites excluding steroid dienone is 3. The molecule has 0 aromatic heterocycles. The summed E-state index contributed by atoms with van der Waals surface area (Å²) in [6.07, 6.45) is 5.68. The Labute approximate surface area is 123 Å². The van der Waals surface area contributed by atoms with Gasteiger partial charge < -0.3 is 4.74 Å². The number of carbonyl (C=O) groups excluding carboxylic acids is 1. The molecule has 0 aromatic carbocycles. The third-order valence-electron chi connectivity index (χ3n) is 2.66. The summed E-state index contributed by atoms with van der Waals surface area (Å²) in [5.74, 6) is 5.80. The Kier molecular flexibility index (Phi) is 7.58. The Morgan fingerprint density at radius 3 is 2.30 bits per heavy atom. The zero-order valence-corrected chi connectivity index (χ0v) is 14.0. The summed E-state index contributed by atoms with van der Waals surface area (Å²) in [6, 6.07) is -0.184. The number of hydrazine groups is 1. The maximum absolute atomic E-state index is 11.8. The topological polar surface area (TPSA) is 55.6 Å². The summed E-state index contributed by atoms with van der Waals surface area (Å²) in [5, 5.41) is 1.13. The van der Waals surface area contributed by atoms with E-state index >= 15 is 0 Å². The summed E-state index contributed by atoms with van der Waals surface area (Å²) >= 11 is 0. The van der Waals surface area contributed by atoms with Gasteiger partial charge in [-0.25, -0.2) is 15.6 Å². The highest BCUT2D eigenvalue weighted by molar-refractivity contribution is 5.68. The SMILES string of the molecule is CC(C)=CCC/C(C)=C/[C@H](C)N(N)C(=O)OC(C)(C)C. The van der Waals surface area contributed by atoms with Gasteiger partial charge in [-0.1, -0.05) is 23.3 Å². The Bertz CT molecular complexity index is 374. The highest BCUT2D eigenvalue weighted by atomic mass is 16.6. The van der Waals surface area contributed by atoms with E-state index in [0.717, 1.165) is 17.9 Å². The second kappa shape index (κ2) is 8.10. The van der Waals surface area contributed by atoms with Crippen molar-refractivity contribution in [1.29, 1.82) is 0 Å². The van der Waals surface area contributed by atoms with Gasteiger partial charge in [-0.05, 0) is 61.3 Å². The van der Waals surface area contributed by atoms with Crippen molar-refractivity contribution in [3.05, 3.63) is 23.3 Å². The maximum atomic E-state index is 11.8. The average Bonchev–Trinajstić information content (AvgIpc) is 2.24. The molecule has 0 spiro atoms. The van der Waals surface area contributed by atoms with Crippen LogP contribution in [0, 0.1) is 0 Å². The fourth-order valence-corrected chi connectivity index (χ4v) is 1.64. The lowest BCUT2D eigenvalue weighted by atomic mass is 10.1. The number of hydrogen-bond acceptors (Lipinski definition) is 3. The van der Waals surface area contributed by atoms with Crippen molar-refractivity contribution >= 4 is 6.09 Å². The van der Waals surface area contributed by atoms with Gasteiger partial charge in [0.2, 0.25) is 0 Å². The maximum Gasteiger partial charge on any atom is 0.425 e. The first kappa shape index (κ1) is 18.7. The van der Waals surface area contributed by atoms with Crippen LogP contribution in [0.25, 0.3) is 0 Å². The highest BCUT2D eigenvalue weighted by Crippen LogP contribution is 2.12. The average molecular weight is 282 g/mol. The molecular weight excluding hydrogens is 252 g/mol. The minimum atomic E-state index is -0.531. The zero-order valence-electron chi connectivity index (χ0n) is 14.0. The molecule has 1 atom stereocenters. The van der Waals surface area contributed by atoms with Crippen LogP contribution in [0.1, 0.15) is 61.3 Å². The molecule has 0 aliphatic carbocycles. The largest absolute Gasteiger partial charge is 0.443 e. The van der Waals surface area contributed by atoms with Crippen LogP contribution in [0.4, 0.5) is 4.79 Å². The van der Waals surface area contributed by atoms with Crippen molar-refractivity contribution in [1.82, 2.24) is 5.01 Å². The van der Waals surface area contributed by atoms with Crippen LogP contribution >= 0.6 is 0 Å². The van der Waals surface area contributed by atoms with Crippen molar-refractivity contribution in [3.8, 4) is 0 Å². The quantitative estimate of drug-likeness (QED) is 0.356. The number of hydrogen-bond donors (Lipinski definition) is 1. The Morgan fingerprint density at radius 1 is 1.30 bits per heavy atom. The van der Waals surface area contributed by atoms with Crippen LogP contribution in [0.5, 0.6) is 0 Å². The molecule has 0 bridgehead atoms. The Balaban J connectivity index is 4.46. The van der Waals surface area contributed by atoms with Crippen LogP contribution in [0.2, 0.25) is 0 Å². The Hall–Kier alpha value is -1.29. The van der Waals surface area contributed by atoms with Gasteiger partial charge in [0.15, 0.2) is 0 Å². The van der Waals surface area contributed by atoms with Crippen LogP contribution in [0.3, 0.4) is 0 Å². The number of carbonyl (C=O) groups is 1. The molecule has 0 saturated heterocycles. The van der Waals surface area contributed by atoms with E-state index in [2.05, 4.69) is 26.8 Å². The third kappa shape index (κ3) is 8.75. The fourth-order valence-electron chi connectivity index (χ4n) is 1.64. The molecule has 0 aromatic rings. The van der Waals surface area contributed by atoms with E-state index in [9.17, 15) is 4.79 Å². The molecule has 0 aliphatic rings. The summed E-state index contributed by atoms with van der Waals surface area (Å²) in [4.78, 5) is 11.8. The molecule has 4 heteroatoms. The van der Waals surface area contributed by atoms with Gasteiger partial charge in [0, 0.05) is 0 Å². The summed E-state index contributed by atoms with van der Waals surface area (Å²) < 4.78 is 5.24. The Morgan fingerprint density at radius 2 is 1.85 bits per heavy atom. The second-order valence-electron chi connectivity index (χ2n) is 6.46. The highest BCUT2D eigenvalue weighted by Gasteiger charge is 2.22. The van der Waals surface area contributed by atoms with Gasteiger partial charge in [0.25, 0.3) is 0 Å². The molecule has 20 heavy (non-hydrogen) atoms. The number of rotatable bonds is 5. The fraction of sp³-hybridized carbons (Fsp3) is 0.688. The van der Waals surface area contributed by atoms with Gasteiger partial charge in [-0.2, -0.15) is 0 Å². The normalized spacial score (nSPS) is 13.7. The first-order valence-electron chi connectivity index (χ1n) is 7.10. The first-order valence-corrected chi connectivity index (χ1v) is 7.10. The lowest BCUT2D eigenvalue weighted by Crippen LogP contribution is -2.46. The molecule has 0 radical (unpaired) electrons. The standard InChI is InChI=1S/C16H30N2O2/c1-12(2)9-8-10-13(3)11-14(4)18(17)15(19)20-16(5,6)7/h9,11,14H,8,10,17H2,1-7H3/b13-11+/t14-/m0/s1. The monoisotopic (exact) mass is 282 g/mol. The minimum Gasteiger partial charge on any atom is -0.443 e. The smallest absolute Gasteiger partial charge is 0.425 e. The van der Waals surface area contributed by atoms with Crippen molar-refractivity contribution in [2.45, 2.75) is 73.0 Å². The molecule has 0 unspecified atom stereocenters. The summed E-state index contributed by atoms with van der Waals surface area (Å²) in [7, 11) is 0. The van der Waals surface area contributed by atoms with E-state index in [0.29, 0.717) is 0 Å². The van der Waals surface area contributed by atoms with Gasteiger partial charge in [-0.15, -0.1) is 0 Å². The van der Waals surface area contributed by atoms with E-state index in [1.807, 2.05) is 33.8 Å². The molecule has 0 heterocycles. The molecule has 0 aliphatic heterocycles. The van der Waals surface area contributed by atoms with E-state index in [-0.39, 0.29) is 6.04 Å². The second-order valence-corrected chi connectivity index (χ2v) is 6.46. The predicted molar refractivity (Wildman–Crippen MR) is 84.1 cm³/mol.